The molecule has 0 bridgehead atoms. The van der Waals surface area contributed by atoms with E-state index in [1.54, 1.807) is 0 Å². The molecule has 2 rings (SSSR count). The standard InChI is InChI=1S/C12H8BrFINO/c13-10-2-1-7(15)5-9(10)12(17)8-3-4-16-6-11(8)14/h1-6,12,17H. The maximum atomic E-state index is 13.5. The first-order chi connectivity index (χ1) is 8.09. The Morgan fingerprint density at radius 1 is 1.29 bits per heavy atom. The first-order valence-corrected chi connectivity index (χ1v) is 6.69. The van der Waals surface area contributed by atoms with Crippen molar-refractivity contribution < 1.29 is 9.50 Å². The largest absolute Gasteiger partial charge is 0.384 e. The van der Waals surface area contributed by atoms with Crippen LogP contribution >= 0.6 is 38.5 Å². The third kappa shape index (κ3) is 2.83. The van der Waals surface area contributed by atoms with E-state index >= 15 is 0 Å². The van der Waals surface area contributed by atoms with E-state index in [4.69, 9.17) is 0 Å². The Labute approximate surface area is 120 Å². The van der Waals surface area contributed by atoms with E-state index in [2.05, 4.69) is 43.5 Å². The summed E-state index contributed by atoms with van der Waals surface area (Å²) >= 11 is 5.50. The molecule has 0 aliphatic rings. The van der Waals surface area contributed by atoms with Crippen LogP contribution in [0.15, 0.2) is 41.1 Å². The van der Waals surface area contributed by atoms with Crippen LogP contribution < -0.4 is 0 Å². The quantitative estimate of drug-likeness (QED) is 0.770. The van der Waals surface area contributed by atoms with E-state index in [1.165, 1.54) is 12.3 Å². The van der Waals surface area contributed by atoms with Crippen LogP contribution in [0.4, 0.5) is 4.39 Å². The third-order valence-corrected chi connectivity index (χ3v) is 3.74. The molecule has 0 fully saturated rings. The SMILES string of the molecule is OC(c1ccncc1F)c1cc(I)ccc1Br. The number of nitrogens with zero attached hydrogens (tertiary/aromatic N) is 1. The molecule has 2 aromatic rings. The van der Waals surface area contributed by atoms with Crippen molar-refractivity contribution in [3.05, 3.63) is 61.6 Å². The lowest BCUT2D eigenvalue weighted by molar-refractivity contribution is 0.214. The molecule has 88 valence electrons. The number of pyridine rings is 1. The molecule has 2 nitrogen and oxygen atoms in total. The van der Waals surface area contributed by atoms with E-state index in [1.807, 2.05) is 18.2 Å². The number of halogens is 3. The van der Waals surface area contributed by atoms with E-state index in [0.717, 1.165) is 14.2 Å². The first-order valence-electron chi connectivity index (χ1n) is 4.82. The number of hydrogen-bond acceptors (Lipinski definition) is 2. The summed E-state index contributed by atoms with van der Waals surface area (Å²) < 4.78 is 15.3. The van der Waals surface area contributed by atoms with Gasteiger partial charge in [-0.15, -0.1) is 0 Å². The Morgan fingerprint density at radius 3 is 2.76 bits per heavy atom. The maximum absolute atomic E-state index is 13.5. The van der Waals surface area contributed by atoms with Gasteiger partial charge in [0.05, 0.1) is 6.20 Å². The number of aromatic nitrogens is 1. The molecule has 0 amide bonds. The van der Waals surface area contributed by atoms with Crippen LogP contribution in [0.1, 0.15) is 17.2 Å². The van der Waals surface area contributed by atoms with Gasteiger partial charge in [0.25, 0.3) is 0 Å². The fourth-order valence-electron chi connectivity index (χ4n) is 1.50. The molecule has 0 saturated heterocycles. The molecule has 0 radical (unpaired) electrons. The number of benzene rings is 1. The molecular formula is C12H8BrFINO. The van der Waals surface area contributed by atoms with Crippen LogP contribution in [0.3, 0.4) is 0 Å². The minimum atomic E-state index is -0.998. The van der Waals surface area contributed by atoms with Crippen molar-refractivity contribution in [2.45, 2.75) is 6.10 Å². The number of hydrogen-bond donors (Lipinski definition) is 1. The van der Waals surface area contributed by atoms with Gasteiger partial charge in [0.15, 0.2) is 0 Å². The van der Waals surface area contributed by atoms with Crippen molar-refractivity contribution in [3.63, 3.8) is 0 Å². The van der Waals surface area contributed by atoms with Crippen LogP contribution in [0.25, 0.3) is 0 Å². The van der Waals surface area contributed by atoms with Gasteiger partial charge in [-0.3, -0.25) is 4.98 Å². The molecule has 1 unspecified atom stereocenters. The minimum Gasteiger partial charge on any atom is -0.384 e. The van der Waals surface area contributed by atoms with Crippen LogP contribution in [-0.4, -0.2) is 10.1 Å². The fraction of sp³-hybridized carbons (Fsp3) is 0.0833. The number of rotatable bonds is 2. The molecular weight excluding hydrogens is 400 g/mol. The highest BCUT2D eigenvalue weighted by atomic mass is 127. The zero-order valence-corrected chi connectivity index (χ0v) is 12.3. The van der Waals surface area contributed by atoms with Crippen molar-refractivity contribution in [2.24, 2.45) is 0 Å². The Kier molecular flexibility index (Phi) is 4.11. The fourth-order valence-corrected chi connectivity index (χ4v) is 2.48. The van der Waals surface area contributed by atoms with Gasteiger partial charge in [-0.1, -0.05) is 15.9 Å². The predicted molar refractivity (Wildman–Crippen MR) is 75.1 cm³/mol. The topological polar surface area (TPSA) is 33.1 Å². The maximum Gasteiger partial charge on any atom is 0.147 e. The summed E-state index contributed by atoms with van der Waals surface area (Å²) in [6, 6.07) is 7.03. The average Bonchev–Trinajstić information content (AvgIpc) is 2.32. The molecule has 1 atom stereocenters. The van der Waals surface area contributed by atoms with Crippen molar-refractivity contribution in [3.8, 4) is 0 Å². The van der Waals surface area contributed by atoms with Gasteiger partial charge in [0, 0.05) is 25.4 Å². The van der Waals surface area contributed by atoms with Crippen molar-refractivity contribution in [1.29, 1.82) is 0 Å². The second-order valence-electron chi connectivity index (χ2n) is 3.47. The molecule has 1 aromatic carbocycles. The molecule has 0 aliphatic heterocycles. The van der Waals surface area contributed by atoms with E-state index in [0.29, 0.717) is 5.56 Å². The highest BCUT2D eigenvalue weighted by Crippen LogP contribution is 2.30. The highest BCUT2D eigenvalue weighted by molar-refractivity contribution is 14.1. The third-order valence-electron chi connectivity index (χ3n) is 2.35. The summed E-state index contributed by atoms with van der Waals surface area (Å²) in [6.45, 7) is 0. The monoisotopic (exact) mass is 407 g/mol. The van der Waals surface area contributed by atoms with Gasteiger partial charge in [0.1, 0.15) is 11.9 Å². The van der Waals surface area contributed by atoms with Crippen molar-refractivity contribution in [2.75, 3.05) is 0 Å². The smallest absolute Gasteiger partial charge is 0.147 e. The number of aliphatic hydroxyl groups is 1. The Bertz CT molecular complexity index is 550. The van der Waals surface area contributed by atoms with Crippen LogP contribution in [0.5, 0.6) is 0 Å². The zero-order valence-electron chi connectivity index (χ0n) is 8.57. The normalized spacial score (nSPS) is 12.5. The molecule has 5 heteroatoms. The second kappa shape index (κ2) is 5.41. The Balaban J connectivity index is 2.47. The van der Waals surface area contributed by atoms with Crippen LogP contribution in [0.2, 0.25) is 0 Å². The highest BCUT2D eigenvalue weighted by Gasteiger charge is 2.17. The van der Waals surface area contributed by atoms with E-state index in [-0.39, 0.29) is 5.56 Å². The van der Waals surface area contributed by atoms with E-state index in [9.17, 15) is 9.50 Å². The molecule has 0 saturated carbocycles. The van der Waals surface area contributed by atoms with Gasteiger partial charge in [-0.25, -0.2) is 4.39 Å². The lowest BCUT2D eigenvalue weighted by atomic mass is 10.0. The van der Waals surface area contributed by atoms with Crippen molar-refractivity contribution in [1.82, 2.24) is 4.98 Å². The molecule has 0 aliphatic carbocycles. The summed E-state index contributed by atoms with van der Waals surface area (Å²) in [6.07, 6.45) is 1.56. The average molecular weight is 408 g/mol. The van der Waals surface area contributed by atoms with Crippen LogP contribution in [0, 0.1) is 9.39 Å². The number of aliphatic hydroxyl groups excluding tert-OH is 1. The van der Waals surface area contributed by atoms with Crippen LogP contribution in [-0.2, 0) is 0 Å². The Hall–Kier alpha value is -0.530. The molecule has 1 N–H and O–H groups in total. The van der Waals surface area contributed by atoms with Gasteiger partial charge >= 0.3 is 0 Å². The van der Waals surface area contributed by atoms with Gasteiger partial charge in [0.2, 0.25) is 0 Å². The minimum absolute atomic E-state index is 0.225. The van der Waals surface area contributed by atoms with Gasteiger partial charge < -0.3 is 5.11 Å². The van der Waals surface area contributed by atoms with Gasteiger partial charge in [-0.05, 0) is 46.9 Å². The lowest BCUT2D eigenvalue weighted by Gasteiger charge is -2.14. The summed E-state index contributed by atoms with van der Waals surface area (Å²) in [5.41, 5.74) is 0.865. The molecule has 1 aromatic heterocycles. The summed E-state index contributed by atoms with van der Waals surface area (Å²) in [5, 5.41) is 10.2. The predicted octanol–water partition coefficient (Wildman–Crippen LogP) is 3.67. The second-order valence-corrected chi connectivity index (χ2v) is 5.57. The lowest BCUT2D eigenvalue weighted by Crippen LogP contribution is -2.04. The molecule has 17 heavy (non-hydrogen) atoms. The first kappa shape index (κ1) is 12.9. The molecule has 0 spiro atoms. The van der Waals surface area contributed by atoms with Gasteiger partial charge in [-0.2, -0.15) is 0 Å². The molecule has 1 heterocycles. The Morgan fingerprint density at radius 2 is 2.06 bits per heavy atom. The van der Waals surface area contributed by atoms with E-state index < -0.39 is 11.9 Å². The van der Waals surface area contributed by atoms with Crippen molar-refractivity contribution >= 4 is 38.5 Å². The summed E-state index contributed by atoms with van der Waals surface area (Å²) in [5.74, 6) is -0.509. The summed E-state index contributed by atoms with van der Waals surface area (Å²) in [7, 11) is 0. The summed E-state index contributed by atoms with van der Waals surface area (Å²) in [4.78, 5) is 3.66. The zero-order chi connectivity index (χ0) is 12.4.